The molecule has 184 valence electrons. The number of nitro benzene ring substituents is 1. The third-order valence-electron chi connectivity index (χ3n) is 5.06. The zero-order valence-electron chi connectivity index (χ0n) is 19.3. The van der Waals surface area contributed by atoms with Gasteiger partial charge in [-0.05, 0) is 43.2 Å². The van der Waals surface area contributed by atoms with E-state index in [1.165, 1.54) is 47.4 Å². The second kappa shape index (κ2) is 11.1. The Morgan fingerprint density at radius 2 is 1.92 bits per heavy atom. The maximum absolute atomic E-state index is 12.6. The van der Waals surface area contributed by atoms with Crippen LogP contribution in [0.5, 0.6) is 0 Å². The summed E-state index contributed by atoms with van der Waals surface area (Å²) in [5.74, 6) is -0.0599. The summed E-state index contributed by atoms with van der Waals surface area (Å²) in [5.41, 5.74) is 3.02. The van der Waals surface area contributed by atoms with Crippen molar-refractivity contribution in [2.24, 2.45) is 0 Å². The molecule has 0 bridgehead atoms. The van der Waals surface area contributed by atoms with Crippen molar-refractivity contribution in [1.29, 1.82) is 0 Å². The molecule has 2 aromatic heterocycles. The van der Waals surface area contributed by atoms with Crippen LogP contribution in [0.4, 0.5) is 10.8 Å². The quantitative estimate of drug-likeness (QED) is 0.191. The van der Waals surface area contributed by atoms with Crippen molar-refractivity contribution in [3.63, 3.8) is 0 Å². The lowest BCUT2D eigenvalue weighted by Gasteiger charge is -2.14. The minimum absolute atomic E-state index is 0.0576. The number of nitrogens with zero attached hydrogens (tertiary/aromatic N) is 5. The maximum Gasteiger partial charge on any atom is 0.269 e. The van der Waals surface area contributed by atoms with E-state index in [4.69, 9.17) is 0 Å². The molecule has 0 aliphatic heterocycles. The summed E-state index contributed by atoms with van der Waals surface area (Å²) in [6, 6.07) is 11.3. The van der Waals surface area contributed by atoms with Crippen LogP contribution in [0, 0.1) is 24.0 Å². The number of carbonyl (C=O) groups is 2. The molecule has 0 spiro atoms. The highest BCUT2D eigenvalue weighted by molar-refractivity contribution is 7.99. The molecule has 0 saturated carbocycles. The van der Waals surface area contributed by atoms with Crippen molar-refractivity contribution in [1.82, 2.24) is 25.1 Å². The van der Waals surface area contributed by atoms with Gasteiger partial charge < -0.3 is 10.6 Å². The molecule has 0 fully saturated rings. The van der Waals surface area contributed by atoms with Crippen molar-refractivity contribution in [3.05, 3.63) is 86.7 Å². The average molecular weight is 524 g/mol. The van der Waals surface area contributed by atoms with Gasteiger partial charge in [-0.15, -0.1) is 21.5 Å². The van der Waals surface area contributed by atoms with Crippen molar-refractivity contribution in [2.75, 3.05) is 11.1 Å². The first-order valence-corrected chi connectivity index (χ1v) is 12.5. The molecular weight excluding hydrogens is 502 g/mol. The van der Waals surface area contributed by atoms with E-state index in [9.17, 15) is 19.7 Å². The van der Waals surface area contributed by atoms with Gasteiger partial charge in [0, 0.05) is 29.3 Å². The molecule has 4 rings (SSSR count). The summed E-state index contributed by atoms with van der Waals surface area (Å²) in [4.78, 5) is 39.4. The SMILES string of the molecule is Cc1ccc(C)c(-n2c(CNC(=O)c3ccc([N+](=O)[O-])cc3)nnc2SCC(=O)Nc2nccs2)c1. The highest BCUT2D eigenvalue weighted by Crippen LogP contribution is 2.26. The second-order valence-electron chi connectivity index (χ2n) is 7.68. The zero-order valence-corrected chi connectivity index (χ0v) is 20.9. The number of amides is 2. The summed E-state index contributed by atoms with van der Waals surface area (Å²) in [5, 5.41) is 27.7. The molecule has 4 aromatic rings. The fourth-order valence-electron chi connectivity index (χ4n) is 3.28. The van der Waals surface area contributed by atoms with Gasteiger partial charge in [0.1, 0.15) is 0 Å². The number of non-ortho nitro benzene ring substituents is 1. The summed E-state index contributed by atoms with van der Waals surface area (Å²) in [7, 11) is 0. The predicted molar refractivity (Wildman–Crippen MR) is 137 cm³/mol. The Balaban J connectivity index is 1.54. The minimum atomic E-state index is -0.523. The largest absolute Gasteiger partial charge is 0.345 e. The second-order valence-corrected chi connectivity index (χ2v) is 9.52. The topological polar surface area (TPSA) is 145 Å². The highest BCUT2D eigenvalue weighted by atomic mass is 32.2. The molecule has 0 aliphatic rings. The Labute approximate surface area is 214 Å². The summed E-state index contributed by atoms with van der Waals surface area (Å²) in [6.07, 6.45) is 1.61. The summed E-state index contributed by atoms with van der Waals surface area (Å²) < 4.78 is 1.82. The maximum atomic E-state index is 12.6. The Morgan fingerprint density at radius 1 is 1.14 bits per heavy atom. The third-order valence-corrected chi connectivity index (χ3v) is 6.68. The number of carbonyl (C=O) groups excluding carboxylic acids is 2. The standard InChI is InChI=1S/C23H21N7O4S2/c1-14-3-4-15(2)18(11-14)29-19(12-25-21(32)16-5-7-17(8-6-16)30(33)34)27-28-23(29)36-13-20(31)26-22-24-9-10-35-22/h3-11H,12-13H2,1-2H3,(H,25,32)(H,24,26,31). The van der Waals surface area contributed by atoms with Crippen LogP contribution in [0.25, 0.3) is 5.69 Å². The average Bonchev–Trinajstić information content (AvgIpc) is 3.52. The molecule has 0 atom stereocenters. The summed E-state index contributed by atoms with van der Waals surface area (Å²) >= 11 is 2.55. The van der Waals surface area contributed by atoms with Gasteiger partial charge in [-0.25, -0.2) is 4.98 Å². The number of thioether (sulfide) groups is 1. The number of thiazole rings is 1. The number of nitro groups is 1. The van der Waals surface area contributed by atoms with Gasteiger partial charge in [0.05, 0.1) is 22.9 Å². The molecule has 13 heteroatoms. The molecule has 0 radical (unpaired) electrons. The number of anilines is 1. The van der Waals surface area contributed by atoms with E-state index >= 15 is 0 Å². The van der Waals surface area contributed by atoms with Gasteiger partial charge in [-0.1, -0.05) is 23.9 Å². The number of nitrogens with one attached hydrogen (secondary N) is 2. The normalized spacial score (nSPS) is 10.7. The third kappa shape index (κ3) is 5.93. The van der Waals surface area contributed by atoms with E-state index in [-0.39, 0.29) is 29.5 Å². The molecule has 2 aromatic carbocycles. The number of hydrogen-bond donors (Lipinski definition) is 2. The van der Waals surface area contributed by atoms with Gasteiger partial charge in [0.15, 0.2) is 16.1 Å². The molecular formula is C23H21N7O4S2. The van der Waals surface area contributed by atoms with Gasteiger partial charge in [-0.3, -0.25) is 24.3 Å². The Bertz CT molecular complexity index is 1400. The smallest absolute Gasteiger partial charge is 0.269 e. The van der Waals surface area contributed by atoms with Gasteiger partial charge >= 0.3 is 0 Å². The molecule has 2 N–H and O–H groups in total. The van der Waals surface area contributed by atoms with Crippen LogP contribution < -0.4 is 10.6 Å². The molecule has 0 saturated heterocycles. The van der Waals surface area contributed by atoms with Gasteiger partial charge in [0.25, 0.3) is 11.6 Å². The van der Waals surface area contributed by atoms with Crippen molar-refractivity contribution < 1.29 is 14.5 Å². The number of hydrogen-bond acceptors (Lipinski definition) is 9. The van der Waals surface area contributed by atoms with E-state index in [1.807, 2.05) is 36.6 Å². The van der Waals surface area contributed by atoms with Crippen LogP contribution in [-0.4, -0.2) is 42.2 Å². The van der Waals surface area contributed by atoms with Crippen LogP contribution in [0.15, 0.2) is 59.2 Å². The molecule has 11 nitrogen and oxygen atoms in total. The molecule has 2 amide bonds. The predicted octanol–water partition coefficient (Wildman–Crippen LogP) is 3.91. The van der Waals surface area contributed by atoms with Crippen LogP contribution in [0.2, 0.25) is 0 Å². The Morgan fingerprint density at radius 3 is 2.61 bits per heavy atom. The van der Waals surface area contributed by atoms with Crippen molar-refractivity contribution in [2.45, 2.75) is 25.5 Å². The van der Waals surface area contributed by atoms with Gasteiger partial charge in [0.2, 0.25) is 5.91 Å². The zero-order chi connectivity index (χ0) is 25.7. The Kier molecular flexibility index (Phi) is 7.71. The van der Waals surface area contributed by atoms with E-state index in [2.05, 4.69) is 25.8 Å². The molecule has 0 unspecified atom stereocenters. The van der Waals surface area contributed by atoms with E-state index in [0.717, 1.165) is 16.8 Å². The fraction of sp³-hybridized carbons (Fsp3) is 0.174. The van der Waals surface area contributed by atoms with Crippen LogP contribution in [0.1, 0.15) is 27.3 Å². The highest BCUT2D eigenvalue weighted by Gasteiger charge is 2.19. The number of aryl methyl sites for hydroxylation is 2. The first-order chi connectivity index (χ1) is 17.3. The lowest BCUT2D eigenvalue weighted by atomic mass is 10.1. The summed E-state index contributed by atoms with van der Waals surface area (Å²) in [6.45, 7) is 3.98. The monoisotopic (exact) mass is 523 g/mol. The lowest BCUT2D eigenvalue weighted by Crippen LogP contribution is -2.24. The van der Waals surface area contributed by atoms with Crippen molar-refractivity contribution >= 4 is 45.7 Å². The van der Waals surface area contributed by atoms with E-state index in [0.29, 0.717) is 16.1 Å². The molecule has 0 aliphatic carbocycles. The molecule has 36 heavy (non-hydrogen) atoms. The Hall–Kier alpha value is -4.10. The van der Waals surface area contributed by atoms with Crippen LogP contribution >= 0.6 is 23.1 Å². The molecule has 2 heterocycles. The van der Waals surface area contributed by atoms with Crippen LogP contribution in [-0.2, 0) is 11.3 Å². The van der Waals surface area contributed by atoms with E-state index < -0.39 is 10.8 Å². The lowest BCUT2D eigenvalue weighted by molar-refractivity contribution is -0.384. The number of aromatic nitrogens is 4. The minimum Gasteiger partial charge on any atom is -0.345 e. The first-order valence-electron chi connectivity index (χ1n) is 10.7. The van der Waals surface area contributed by atoms with Gasteiger partial charge in [-0.2, -0.15) is 0 Å². The first kappa shape index (κ1) is 25.0. The number of rotatable bonds is 9. The fourth-order valence-corrected chi connectivity index (χ4v) is 4.59. The van der Waals surface area contributed by atoms with E-state index in [1.54, 1.807) is 11.6 Å². The van der Waals surface area contributed by atoms with Crippen LogP contribution in [0.3, 0.4) is 0 Å². The van der Waals surface area contributed by atoms with Crippen molar-refractivity contribution in [3.8, 4) is 5.69 Å². The number of benzene rings is 2.